The van der Waals surface area contributed by atoms with Crippen molar-refractivity contribution in [1.29, 1.82) is 0 Å². The number of fused-ring (bicyclic) bond motifs is 1. The Balaban J connectivity index is 2.51. The summed E-state index contributed by atoms with van der Waals surface area (Å²) in [5, 5.41) is 9.43. The molecule has 2 heterocycles. The van der Waals surface area contributed by atoms with Gasteiger partial charge >= 0.3 is 5.97 Å². The van der Waals surface area contributed by atoms with Gasteiger partial charge in [-0.3, -0.25) is 4.40 Å². The van der Waals surface area contributed by atoms with E-state index in [1.807, 2.05) is 30.0 Å². The van der Waals surface area contributed by atoms with Gasteiger partial charge in [-0.05, 0) is 25.5 Å². The Morgan fingerprint density at radius 3 is 2.84 bits per heavy atom. The van der Waals surface area contributed by atoms with E-state index in [2.05, 4.69) is 11.9 Å². The van der Waals surface area contributed by atoms with Crippen molar-refractivity contribution in [2.75, 3.05) is 18.0 Å². The Morgan fingerprint density at radius 1 is 1.42 bits per heavy atom. The number of nitrogens with zero attached hydrogens (tertiary/aromatic N) is 3. The number of carboxylic acids is 1. The number of hydrogen-bond donors (Lipinski definition) is 1. The first-order chi connectivity index (χ1) is 9.19. The van der Waals surface area contributed by atoms with Crippen LogP contribution in [0.4, 0.5) is 5.82 Å². The molecule has 0 aliphatic heterocycles. The van der Waals surface area contributed by atoms with Gasteiger partial charge in [-0.15, -0.1) is 0 Å². The van der Waals surface area contributed by atoms with Crippen LogP contribution < -0.4 is 4.90 Å². The smallest absolute Gasteiger partial charge is 0.356 e. The molecule has 2 aromatic heterocycles. The van der Waals surface area contributed by atoms with Crippen LogP contribution in [0.1, 0.15) is 37.2 Å². The number of anilines is 1. The third kappa shape index (κ3) is 2.54. The lowest BCUT2D eigenvalue weighted by Gasteiger charge is -2.20. The molecule has 2 aromatic rings. The van der Waals surface area contributed by atoms with Gasteiger partial charge in [-0.1, -0.05) is 19.4 Å². The third-order valence-electron chi connectivity index (χ3n) is 3.18. The molecule has 5 heteroatoms. The normalized spacial score (nSPS) is 10.8. The molecule has 0 atom stereocenters. The largest absolute Gasteiger partial charge is 0.476 e. The zero-order valence-corrected chi connectivity index (χ0v) is 11.3. The standard InChI is InChI=1S/C14H19N3O2/c1-3-5-9-16(4-2)13-12(14(18)19)17-10-7-6-8-11(17)15-13/h6-8,10H,3-5,9H2,1-2H3,(H,18,19). The van der Waals surface area contributed by atoms with E-state index in [1.165, 1.54) is 0 Å². The molecular formula is C14H19N3O2. The highest BCUT2D eigenvalue weighted by atomic mass is 16.4. The molecule has 0 aliphatic rings. The number of unbranched alkanes of at least 4 members (excludes halogenated alkanes) is 1. The Morgan fingerprint density at radius 2 is 2.21 bits per heavy atom. The maximum atomic E-state index is 11.5. The summed E-state index contributed by atoms with van der Waals surface area (Å²) in [6.07, 6.45) is 3.84. The number of hydrogen-bond acceptors (Lipinski definition) is 3. The van der Waals surface area contributed by atoms with Crippen molar-refractivity contribution in [3.05, 3.63) is 30.1 Å². The first-order valence-electron chi connectivity index (χ1n) is 6.64. The average molecular weight is 261 g/mol. The van der Waals surface area contributed by atoms with E-state index < -0.39 is 5.97 Å². The summed E-state index contributed by atoms with van der Waals surface area (Å²) in [6.45, 7) is 5.72. The second-order valence-electron chi connectivity index (χ2n) is 4.45. The highest BCUT2D eigenvalue weighted by Gasteiger charge is 2.21. The van der Waals surface area contributed by atoms with Crippen molar-refractivity contribution in [2.24, 2.45) is 0 Å². The van der Waals surface area contributed by atoms with Gasteiger partial charge in [0.25, 0.3) is 0 Å². The SMILES string of the molecule is CCCCN(CC)c1nc2ccccn2c1C(=O)O. The Labute approximate surface area is 112 Å². The molecule has 0 saturated carbocycles. The lowest BCUT2D eigenvalue weighted by atomic mass is 10.3. The van der Waals surface area contributed by atoms with E-state index in [4.69, 9.17) is 0 Å². The molecule has 0 amide bonds. The first-order valence-corrected chi connectivity index (χ1v) is 6.64. The van der Waals surface area contributed by atoms with Crippen molar-refractivity contribution in [3.63, 3.8) is 0 Å². The Hall–Kier alpha value is -2.04. The van der Waals surface area contributed by atoms with Crippen LogP contribution in [0.25, 0.3) is 5.65 Å². The monoisotopic (exact) mass is 261 g/mol. The van der Waals surface area contributed by atoms with E-state index in [0.717, 1.165) is 25.9 Å². The predicted molar refractivity (Wildman–Crippen MR) is 74.9 cm³/mol. The summed E-state index contributed by atoms with van der Waals surface area (Å²) in [6, 6.07) is 5.50. The quantitative estimate of drug-likeness (QED) is 0.868. The molecule has 0 unspecified atom stereocenters. The minimum absolute atomic E-state index is 0.244. The van der Waals surface area contributed by atoms with Crippen molar-refractivity contribution >= 4 is 17.4 Å². The molecule has 0 aromatic carbocycles. The summed E-state index contributed by atoms with van der Waals surface area (Å²) in [7, 11) is 0. The van der Waals surface area contributed by atoms with Crippen LogP contribution in [0.2, 0.25) is 0 Å². The molecule has 102 valence electrons. The van der Waals surface area contributed by atoms with Gasteiger partial charge in [0.2, 0.25) is 0 Å². The van der Waals surface area contributed by atoms with E-state index in [1.54, 1.807) is 10.6 Å². The molecule has 0 aliphatic carbocycles. The summed E-state index contributed by atoms with van der Waals surface area (Å²) < 4.78 is 1.63. The van der Waals surface area contributed by atoms with E-state index in [0.29, 0.717) is 11.5 Å². The number of pyridine rings is 1. The van der Waals surface area contributed by atoms with Crippen LogP contribution in [-0.4, -0.2) is 33.6 Å². The van der Waals surface area contributed by atoms with E-state index in [-0.39, 0.29) is 5.69 Å². The number of rotatable bonds is 6. The molecule has 0 fully saturated rings. The van der Waals surface area contributed by atoms with Crippen LogP contribution in [0, 0.1) is 0 Å². The van der Waals surface area contributed by atoms with Crippen molar-refractivity contribution in [1.82, 2.24) is 9.38 Å². The molecule has 2 rings (SSSR count). The molecule has 19 heavy (non-hydrogen) atoms. The Bertz CT molecular complexity index is 577. The fourth-order valence-corrected chi connectivity index (χ4v) is 2.17. The summed E-state index contributed by atoms with van der Waals surface area (Å²) in [5.41, 5.74) is 0.915. The number of carboxylic acid groups (broad SMARTS) is 1. The minimum Gasteiger partial charge on any atom is -0.476 e. The molecule has 0 saturated heterocycles. The highest BCUT2D eigenvalue weighted by Crippen LogP contribution is 2.22. The van der Waals surface area contributed by atoms with Crippen molar-refractivity contribution < 1.29 is 9.90 Å². The summed E-state index contributed by atoms with van der Waals surface area (Å²) in [4.78, 5) is 18.0. The fraction of sp³-hybridized carbons (Fsp3) is 0.429. The van der Waals surface area contributed by atoms with Crippen LogP contribution in [-0.2, 0) is 0 Å². The van der Waals surface area contributed by atoms with Gasteiger partial charge < -0.3 is 10.0 Å². The van der Waals surface area contributed by atoms with Gasteiger partial charge in [-0.25, -0.2) is 9.78 Å². The maximum absolute atomic E-state index is 11.5. The van der Waals surface area contributed by atoms with Gasteiger partial charge in [-0.2, -0.15) is 0 Å². The zero-order chi connectivity index (χ0) is 13.8. The van der Waals surface area contributed by atoms with Gasteiger partial charge in [0.1, 0.15) is 5.65 Å². The Kier molecular flexibility index (Phi) is 4.04. The molecule has 0 bridgehead atoms. The van der Waals surface area contributed by atoms with Gasteiger partial charge in [0.15, 0.2) is 11.5 Å². The summed E-state index contributed by atoms with van der Waals surface area (Å²) in [5.74, 6) is -0.377. The molecule has 1 N–H and O–H groups in total. The number of aromatic carboxylic acids is 1. The second-order valence-corrected chi connectivity index (χ2v) is 4.45. The molecule has 0 spiro atoms. The summed E-state index contributed by atoms with van der Waals surface area (Å²) >= 11 is 0. The van der Waals surface area contributed by atoms with E-state index in [9.17, 15) is 9.90 Å². The van der Waals surface area contributed by atoms with Crippen LogP contribution in [0.3, 0.4) is 0 Å². The zero-order valence-electron chi connectivity index (χ0n) is 11.3. The lowest BCUT2D eigenvalue weighted by Crippen LogP contribution is -2.26. The predicted octanol–water partition coefficient (Wildman–Crippen LogP) is 2.66. The average Bonchev–Trinajstić information content (AvgIpc) is 2.79. The minimum atomic E-state index is -0.941. The second kappa shape index (κ2) is 5.73. The number of imidazole rings is 1. The van der Waals surface area contributed by atoms with Gasteiger partial charge in [0.05, 0.1) is 0 Å². The van der Waals surface area contributed by atoms with Crippen LogP contribution in [0.5, 0.6) is 0 Å². The van der Waals surface area contributed by atoms with Crippen LogP contribution in [0.15, 0.2) is 24.4 Å². The van der Waals surface area contributed by atoms with Gasteiger partial charge in [0, 0.05) is 19.3 Å². The maximum Gasteiger partial charge on any atom is 0.356 e. The molecular weight excluding hydrogens is 242 g/mol. The molecule has 5 nitrogen and oxygen atoms in total. The fourth-order valence-electron chi connectivity index (χ4n) is 2.17. The third-order valence-corrected chi connectivity index (χ3v) is 3.18. The molecule has 0 radical (unpaired) electrons. The number of carbonyl (C=O) groups is 1. The van der Waals surface area contributed by atoms with Crippen molar-refractivity contribution in [3.8, 4) is 0 Å². The van der Waals surface area contributed by atoms with Crippen LogP contribution >= 0.6 is 0 Å². The van der Waals surface area contributed by atoms with E-state index >= 15 is 0 Å². The van der Waals surface area contributed by atoms with Crippen molar-refractivity contribution in [2.45, 2.75) is 26.7 Å². The number of aromatic nitrogens is 2. The lowest BCUT2D eigenvalue weighted by molar-refractivity contribution is 0.0690. The topological polar surface area (TPSA) is 57.8 Å². The first kappa shape index (κ1) is 13.4. The highest BCUT2D eigenvalue weighted by molar-refractivity contribution is 5.93.